The predicted octanol–water partition coefficient (Wildman–Crippen LogP) is 3.25. The molecule has 0 spiro atoms. The third kappa shape index (κ3) is 3.16. The van der Waals surface area contributed by atoms with Crippen LogP contribution >= 0.6 is 0 Å². The Bertz CT molecular complexity index is 933. The Morgan fingerprint density at radius 3 is 2.92 bits per heavy atom. The second kappa shape index (κ2) is 6.49. The first-order valence-corrected chi connectivity index (χ1v) is 8.24. The minimum Gasteiger partial charge on any atom is -0.372 e. The molecule has 0 aliphatic carbocycles. The molecule has 25 heavy (non-hydrogen) atoms. The van der Waals surface area contributed by atoms with E-state index in [2.05, 4.69) is 15.6 Å². The van der Waals surface area contributed by atoms with Gasteiger partial charge in [0.2, 0.25) is 0 Å². The van der Waals surface area contributed by atoms with Crippen molar-refractivity contribution in [2.75, 3.05) is 5.32 Å². The second-order valence-electron chi connectivity index (χ2n) is 5.97. The largest absolute Gasteiger partial charge is 0.372 e. The minimum absolute atomic E-state index is 0.135. The minimum atomic E-state index is -0.135. The highest BCUT2D eigenvalue weighted by molar-refractivity contribution is 6.04. The maximum Gasteiger partial charge on any atom is 0.255 e. The third-order valence-corrected chi connectivity index (χ3v) is 4.26. The lowest BCUT2D eigenvalue weighted by atomic mass is 10.1. The lowest BCUT2D eigenvalue weighted by Crippen LogP contribution is -2.12. The number of anilines is 1. The van der Waals surface area contributed by atoms with Gasteiger partial charge in [0.05, 0.1) is 19.4 Å². The van der Waals surface area contributed by atoms with E-state index in [1.807, 2.05) is 55.6 Å². The summed E-state index contributed by atoms with van der Waals surface area (Å²) in [5, 5.41) is 11.2. The molecular weight excluding hydrogens is 316 g/mol. The van der Waals surface area contributed by atoms with Gasteiger partial charge in [-0.1, -0.05) is 23.4 Å². The van der Waals surface area contributed by atoms with Crippen LogP contribution in [0.4, 0.5) is 5.69 Å². The van der Waals surface area contributed by atoms with Crippen LogP contribution in [0.1, 0.15) is 28.4 Å². The second-order valence-corrected chi connectivity index (χ2v) is 5.97. The zero-order chi connectivity index (χ0) is 17.2. The topological polar surface area (TPSA) is 69.0 Å². The van der Waals surface area contributed by atoms with Crippen LogP contribution in [0, 0.1) is 0 Å². The van der Waals surface area contributed by atoms with Crippen LogP contribution in [0.15, 0.2) is 48.7 Å². The summed E-state index contributed by atoms with van der Waals surface area (Å²) in [5.41, 5.74) is 5.29. The van der Waals surface area contributed by atoms with Gasteiger partial charge in [-0.25, -0.2) is 0 Å². The molecule has 1 N–H and O–H groups in total. The zero-order valence-corrected chi connectivity index (χ0v) is 13.9. The van der Waals surface area contributed by atoms with Crippen molar-refractivity contribution in [2.24, 2.45) is 0 Å². The Morgan fingerprint density at radius 1 is 1.20 bits per heavy atom. The molecule has 2 aromatic carbocycles. The summed E-state index contributed by atoms with van der Waals surface area (Å²) in [6.07, 6.45) is 1.89. The van der Waals surface area contributed by atoms with Crippen molar-refractivity contribution in [1.82, 2.24) is 15.0 Å². The number of hydrogen-bond acceptors (Lipinski definition) is 4. The SMILES string of the molecule is CCn1cc(-c2cccc(NC(=O)c3ccc4c(c3)COC4)c2)nn1. The van der Waals surface area contributed by atoms with Crippen molar-refractivity contribution >= 4 is 11.6 Å². The predicted molar refractivity (Wildman–Crippen MR) is 94.0 cm³/mol. The maximum atomic E-state index is 12.5. The van der Waals surface area contributed by atoms with E-state index < -0.39 is 0 Å². The summed E-state index contributed by atoms with van der Waals surface area (Å²) < 4.78 is 7.17. The van der Waals surface area contributed by atoms with Crippen LogP contribution in [0.2, 0.25) is 0 Å². The quantitative estimate of drug-likeness (QED) is 0.795. The normalized spacial score (nSPS) is 12.8. The molecule has 3 aromatic rings. The Kier molecular flexibility index (Phi) is 4.03. The first-order chi connectivity index (χ1) is 12.2. The number of carbonyl (C=O) groups is 1. The first-order valence-electron chi connectivity index (χ1n) is 8.24. The molecule has 0 bridgehead atoms. The van der Waals surface area contributed by atoms with Crippen LogP contribution in [0.5, 0.6) is 0 Å². The van der Waals surface area contributed by atoms with Crippen molar-refractivity contribution in [3.63, 3.8) is 0 Å². The van der Waals surface area contributed by atoms with Crippen LogP contribution in [0.25, 0.3) is 11.3 Å². The molecule has 1 aromatic heterocycles. The highest BCUT2D eigenvalue weighted by atomic mass is 16.5. The molecule has 0 unspecified atom stereocenters. The Hall–Kier alpha value is -2.99. The molecule has 0 fully saturated rings. The van der Waals surface area contributed by atoms with Crippen LogP contribution in [-0.4, -0.2) is 20.9 Å². The monoisotopic (exact) mass is 334 g/mol. The van der Waals surface area contributed by atoms with Crippen molar-refractivity contribution < 1.29 is 9.53 Å². The number of rotatable bonds is 4. The summed E-state index contributed by atoms with van der Waals surface area (Å²) in [4.78, 5) is 12.5. The van der Waals surface area contributed by atoms with Gasteiger partial charge in [-0.3, -0.25) is 9.48 Å². The number of benzene rings is 2. The van der Waals surface area contributed by atoms with Gasteiger partial charge in [0.15, 0.2) is 0 Å². The van der Waals surface area contributed by atoms with E-state index in [0.29, 0.717) is 18.8 Å². The van der Waals surface area contributed by atoms with Gasteiger partial charge in [0.25, 0.3) is 5.91 Å². The van der Waals surface area contributed by atoms with Crippen molar-refractivity contribution in [3.05, 3.63) is 65.4 Å². The fourth-order valence-corrected chi connectivity index (χ4v) is 2.86. The van der Waals surface area contributed by atoms with E-state index in [1.165, 1.54) is 0 Å². The smallest absolute Gasteiger partial charge is 0.255 e. The highest BCUT2D eigenvalue weighted by Gasteiger charge is 2.14. The Labute approximate surface area is 145 Å². The molecule has 4 rings (SSSR count). The van der Waals surface area contributed by atoms with Gasteiger partial charge < -0.3 is 10.1 Å². The molecule has 0 atom stereocenters. The van der Waals surface area contributed by atoms with Crippen molar-refractivity contribution in [2.45, 2.75) is 26.7 Å². The van der Waals surface area contributed by atoms with Gasteiger partial charge in [0.1, 0.15) is 5.69 Å². The van der Waals surface area contributed by atoms with Gasteiger partial charge in [-0.2, -0.15) is 0 Å². The van der Waals surface area contributed by atoms with Crippen LogP contribution in [-0.2, 0) is 24.5 Å². The van der Waals surface area contributed by atoms with Gasteiger partial charge in [-0.15, -0.1) is 5.10 Å². The van der Waals surface area contributed by atoms with E-state index in [4.69, 9.17) is 4.74 Å². The average Bonchev–Trinajstić information content (AvgIpc) is 3.30. The summed E-state index contributed by atoms with van der Waals surface area (Å²) >= 11 is 0. The summed E-state index contributed by atoms with van der Waals surface area (Å²) in [7, 11) is 0. The average molecular weight is 334 g/mol. The maximum absolute atomic E-state index is 12.5. The number of aryl methyl sites for hydroxylation is 1. The number of nitrogens with one attached hydrogen (secondary N) is 1. The molecule has 6 nitrogen and oxygen atoms in total. The molecule has 0 saturated heterocycles. The van der Waals surface area contributed by atoms with Crippen molar-refractivity contribution in [3.8, 4) is 11.3 Å². The zero-order valence-electron chi connectivity index (χ0n) is 13.9. The fourth-order valence-electron chi connectivity index (χ4n) is 2.86. The number of ether oxygens (including phenoxy) is 1. The number of nitrogens with zero attached hydrogens (tertiary/aromatic N) is 3. The molecule has 126 valence electrons. The lowest BCUT2D eigenvalue weighted by molar-refractivity contribution is 0.102. The fraction of sp³-hybridized carbons (Fsp3) is 0.211. The van der Waals surface area contributed by atoms with Crippen molar-refractivity contribution in [1.29, 1.82) is 0 Å². The molecule has 1 aliphatic rings. The Morgan fingerprint density at radius 2 is 2.08 bits per heavy atom. The molecule has 0 saturated carbocycles. The molecule has 6 heteroatoms. The molecule has 0 radical (unpaired) electrons. The van der Waals surface area contributed by atoms with Crippen LogP contribution < -0.4 is 5.32 Å². The van der Waals surface area contributed by atoms with E-state index in [9.17, 15) is 4.79 Å². The first kappa shape index (κ1) is 15.5. The molecular formula is C19H18N4O2. The van der Waals surface area contributed by atoms with Gasteiger partial charge >= 0.3 is 0 Å². The van der Waals surface area contributed by atoms with Crippen LogP contribution in [0.3, 0.4) is 0 Å². The van der Waals surface area contributed by atoms with Gasteiger partial charge in [0, 0.05) is 23.4 Å². The van der Waals surface area contributed by atoms with Gasteiger partial charge in [-0.05, 0) is 42.3 Å². The molecule has 2 heterocycles. The van der Waals surface area contributed by atoms with E-state index in [0.717, 1.165) is 34.6 Å². The lowest BCUT2D eigenvalue weighted by Gasteiger charge is -2.07. The third-order valence-electron chi connectivity index (χ3n) is 4.26. The number of hydrogen-bond donors (Lipinski definition) is 1. The summed E-state index contributed by atoms with van der Waals surface area (Å²) in [6, 6.07) is 13.3. The standard InChI is InChI=1S/C19H18N4O2/c1-2-23-10-18(21-22-23)13-4-3-5-17(9-13)20-19(24)14-6-7-15-11-25-12-16(15)8-14/h3-10H,2,11-12H2,1H3,(H,20,24). The van der Waals surface area contributed by atoms with E-state index >= 15 is 0 Å². The van der Waals surface area contributed by atoms with E-state index in [1.54, 1.807) is 4.68 Å². The Balaban J connectivity index is 1.54. The highest BCUT2D eigenvalue weighted by Crippen LogP contribution is 2.23. The molecule has 1 aliphatic heterocycles. The summed E-state index contributed by atoms with van der Waals surface area (Å²) in [5.74, 6) is -0.135. The number of carbonyl (C=O) groups excluding carboxylic acids is 1. The number of amides is 1. The molecule has 1 amide bonds. The summed E-state index contributed by atoms with van der Waals surface area (Å²) in [6.45, 7) is 3.97. The number of fused-ring (bicyclic) bond motifs is 1. The number of aromatic nitrogens is 3. The van der Waals surface area contributed by atoms with E-state index in [-0.39, 0.29) is 5.91 Å².